The molecular weight excluding hydrogens is 235 g/mol. The van der Waals surface area contributed by atoms with Crippen molar-refractivity contribution in [3.63, 3.8) is 0 Å². The van der Waals surface area contributed by atoms with Crippen molar-refractivity contribution in [2.45, 2.75) is 19.9 Å². The molecule has 4 nitrogen and oxygen atoms in total. The van der Waals surface area contributed by atoms with E-state index in [-0.39, 0.29) is 18.2 Å². The van der Waals surface area contributed by atoms with E-state index < -0.39 is 11.7 Å². The first-order chi connectivity index (χ1) is 8.51. The van der Waals surface area contributed by atoms with Gasteiger partial charge in [-0.05, 0) is 26.0 Å². The first-order valence-electron chi connectivity index (χ1n) is 5.52. The standard InChI is InChI=1S/C13H15FN2O2/c1-9(2)16(7-6-15)13(17)11-5-4-10(18-3)8-12(11)14/h4-5,8-9H,7H2,1-3H3. The molecule has 1 rings (SSSR count). The number of methoxy groups -OCH3 is 1. The minimum Gasteiger partial charge on any atom is -0.497 e. The Bertz CT molecular complexity index is 480. The Labute approximate surface area is 106 Å². The molecule has 0 radical (unpaired) electrons. The highest BCUT2D eigenvalue weighted by Crippen LogP contribution is 2.18. The third-order valence-corrected chi connectivity index (χ3v) is 2.53. The van der Waals surface area contributed by atoms with Gasteiger partial charge >= 0.3 is 0 Å². The van der Waals surface area contributed by atoms with Crippen LogP contribution in [0.5, 0.6) is 5.75 Å². The van der Waals surface area contributed by atoms with Gasteiger partial charge in [-0.25, -0.2) is 4.39 Å². The molecule has 0 aliphatic carbocycles. The number of ether oxygens (including phenoxy) is 1. The monoisotopic (exact) mass is 250 g/mol. The topological polar surface area (TPSA) is 53.3 Å². The van der Waals surface area contributed by atoms with Crippen molar-refractivity contribution in [2.75, 3.05) is 13.7 Å². The van der Waals surface area contributed by atoms with Gasteiger partial charge in [0.05, 0.1) is 18.7 Å². The lowest BCUT2D eigenvalue weighted by molar-refractivity contribution is 0.0726. The largest absolute Gasteiger partial charge is 0.497 e. The fraction of sp³-hybridized carbons (Fsp3) is 0.385. The number of nitrogens with zero attached hydrogens (tertiary/aromatic N) is 2. The van der Waals surface area contributed by atoms with Crippen LogP contribution >= 0.6 is 0 Å². The van der Waals surface area contributed by atoms with Crippen LogP contribution in [-0.2, 0) is 0 Å². The molecule has 0 fully saturated rings. The van der Waals surface area contributed by atoms with Crippen LogP contribution < -0.4 is 4.74 Å². The zero-order chi connectivity index (χ0) is 13.7. The Morgan fingerprint density at radius 3 is 2.67 bits per heavy atom. The second-order valence-corrected chi connectivity index (χ2v) is 4.03. The smallest absolute Gasteiger partial charge is 0.257 e. The number of hydrogen-bond donors (Lipinski definition) is 0. The van der Waals surface area contributed by atoms with Crippen molar-refractivity contribution >= 4 is 5.91 Å². The van der Waals surface area contributed by atoms with E-state index in [1.54, 1.807) is 13.8 Å². The Kier molecular flexibility index (Phi) is 4.67. The molecule has 0 N–H and O–H groups in total. The van der Waals surface area contributed by atoms with Crippen molar-refractivity contribution in [3.05, 3.63) is 29.6 Å². The summed E-state index contributed by atoms with van der Waals surface area (Å²) in [5, 5.41) is 8.68. The lowest BCUT2D eigenvalue weighted by Gasteiger charge is -2.24. The summed E-state index contributed by atoms with van der Waals surface area (Å²) >= 11 is 0. The summed E-state index contributed by atoms with van der Waals surface area (Å²) in [5.74, 6) is -0.796. The summed E-state index contributed by atoms with van der Waals surface area (Å²) in [7, 11) is 1.42. The maximum atomic E-state index is 13.7. The fourth-order valence-corrected chi connectivity index (χ4v) is 1.52. The van der Waals surface area contributed by atoms with E-state index in [9.17, 15) is 9.18 Å². The molecule has 0 atom stereocenters. The number of hydrogen-bond acceptors (Lipinski definition) is 3. The van der Waals surface area contributed by atoms with Crippen molar-refractivity contribution in [1.82, 2.24) is 4.90 Å². The van der Waals surface area contributed by atoms with Crippen molar-refractivity contribution < 1.29 is 13.9 Å². The average molecular weight is 250 g/mol. The molecule has 0 aliphatic heterocycles. The van der Waals surface area contributed by atoms with Gasteiger partial charge < -0.3 is 9.64 Å². The second kappa shape index (κ2) is 6.01. The van der Waals surface area contributed by atoms with Gasteiger partial charge in [0, 0.05) is 12.1 Å². The van der Waals surface area contributed by atoms with Gasteiger partial charge in [-0.2, -0.15) is 5.26 Å². The summed E-state index contributed by atoms with van der Waals surface area (Å²) in [6.45, 7) is 3.48. The summed E-state index contributed by atoms with van der Waals surface area (Å²) < 4.78 is 18.6. The van der Waals surface area contributed by atoms with Crippen molar-refractivity contribution in [1.29, 1.82) is 5.26 Å². The van der Waals surface area contributed by atoms with Crippen LogP contribution in [0.3, 0.4) is 0 Å². The number of nitriles is 1. The number of rotatable bonds is 4. The molecule has 1 amide bonds. The van der Waals surface area contributed by atoms with Crippen LogP contribution in [0.2, 0.25) is 0 Å². The lowest BCUT2D eigenvalue weighted by Crippen LogP contribution is -2.37. The van der Waals surface area contributed by atoms with Crippen molar-refractivity contribution in [3.8, 4) is 11.8 Å². The average Bonchev–Trinajstić information content (AvgIpc) is 2.34. The quantitative estimate of drug-likeness (QED) is 0.770. The fourth-order valence-electron chi connectivity index (χ4n) is 1.52. The predicted molar refractivity (Wildman–Crippen MR) is 64.7 cm³/mol. The lowest BCUT2D eigenvalue weighted by atomic mass is 10.1. The number of halogens is 1. The first kappa shape index (κ1) is 14.0. The van der Waals surface area contributed by atoms with Gasteiger partial charge in [0.25, 0.3) is 5.91 Å². The zero-order valence-electron chi connectivity index (χ0n) is 10.6. The molecule has 0 aliphatic rings. The van der Waals surface area contributed by atoms with Gasteiger partial charge in [0.1, 0.15) is 18.1 Å². The van der Waals surface area contributed by atoms with Crippen LogP contribution in [0, 0.1) is 17.1 Å². The van der Waals surface area contributed by atoms with Gasteiger partial charge in [0.2, 0.25) is 0 Å². The molecule has 0 saturated carbocycles. The molecule has 0 bridgehead atoms. The highest BCUT2D eigenvalue weighted by Gasteiger charge is 2.21. The highest BCUT2D eigenvalue weighted by atomic mass is 19.1. The van der Waals surface area contributed by atoms with Crippen LogP contribution in [0.15, 0.2) is 18.2 Å². The second-order valence-electron chi connectivity index (χ2n) is 4.03. The minimum atomic E-state index is -0.650. The first-order valence-corrected chi connectivity index (χ1v) is 5.52. The molecule has 0 spiro atoms. The molecule has 96 valence electrons. The number of benzene rings is 1. The van der Waals surface area contributed by atoms with Gasteiger partial charge in [-0.15, -0.1) is 0 Å². The Hall–Kier alpha value is -2.09. The maximum absolute atomic E-state index is 13.7. The van der Waals surface area contributed by atoms with E-state index in [4.69, 9.17) is 10.00 Å². The normalized spacial score (nSPS) is 10.0. The Morgan fingerprint density at radius 1 is 1.56 bits per heavy atom. The summed E-state index contributed by atoms with van der Waals surface area (Å²) in [6.07, 6.45) is 0. The minimum absolute atomic E-state index is 0.0558. The van der Waals surface area contributed by atoms with E-state index in [1.165, 1.54) is 24.1 Å². The molecule has 0 unspecified atom stereocenters. The molecule has 0 heterocycles. The molecule has 1 aromatic carbocycles. The van der Waals surface area contributed by atoms with Gasteiger partial charge in [-0.3, -0.25) is 4.79 Å². The SMILES string of the molecule is COc1ccc(C(=O)N(CC#N)C(C)C)c(F)c1. The molecule has 5 heteroatoms. The summed E-state index contributed by atoms with van der Waals surface area (Å²) in [5.41, 5.74) is -0.0558. The Balaban J connectivity index is 3.06. The molecule has 0 aromatic heterocycles. The third-order valence-electron chi connectivity index (χ3n) is 2.53. The number of carbonyl (C=O) groups is 1. The van der Waals surface area contributed by atoms with Crippen LogP contribution in [-0.4, -0.2) is 30.5 Å². The zero-order valence-corrected chi connectivity index (χ0v) is 10.6. The molecule has 18 heavy (non-hydrogen) atoms. The van der Waals surface area contributed by atoms with Gasteiger partial charge in [0.15, 0.2) is 0 Å². The molecule has 0 saturated heterocycles. The predicted octanol–water partition coefficient (Wildman–Crippen LogP) is 2.21. The third kappa shape index (κ3) is 2.98. The van der Waals surface area contributed by atoms with E-state index in [1.807, 2.05) is 6.07 Å². The van der Waals surface area contributed by atoms with E-state index >= 15 is 0 Å². The van der Waals surface area contributed by atoms with E-state index in [2.05, 4.69) is 0 Å². The van der Waals surface area contributed by atoms with Crippen LogP contribution in [0.1, 0.15) is 24.2 Å². The van der Waals surface area contributed by atoms with Gasteiger partial charge in [-0.1, -0.05) is 0 Å². The highest BCUT2D eigenvalue weighted by molar-refractivity contribution is 5.95. The van der Waals surface area contributed by atoms with E-state index in [0.29, 0.717) is 5.75 Å². The summed E-state index contributed by atoms with van der Waals surface area (Å²) in [6, 6.07) is 5.76. The maximum Gasteiger partial charge on any atom is 0.257 e. The molecule has 1 aromatic rings. The van der Waals surface area contributed by atoms with Crippen LogP contribution in [0.4, 0.5) is 4.39 Å². The number of carbonyl (C=O) groups excluding carboxylic acids is 1. The molecular formula is C13H15FN2O2. The Morgan fingerprint density at radius 2 is 2.22 bits per heavy atom. The van der Waals surface area contributed by atoms with Crippen molar-refractivity contribution in [2.24, 2.45) is 0 Å². The summed E-state index contributed by atoms with van der Waals surface area (Å²) in [4.78, 5) is 13.4. The van der Waals surface area contributed by atoms with Crippen LogP contribution in [0.25, 0.3) is 0 Å². The number of amides is 1. The van der Waals surface area contributed by atoms with E-state index in [0.717, 1.165) is 6.07 Å².